The third-order valence-electron chi connectivity index (χ3n) is 5.72. The first-order valence-electron chi connectivity index (χ1n) is 10.9. The van der Waals surface area contributed by atoms with Crippen LogP contribution in [-0.4, -0.2) is 27.1 Å². The molecule has 0 saturated heterocycles. The van der Waals surface area contributed by atoms with Crippen LogP contribution < -0.4 is 21.3 Å². The molecule has 0 fully saturated rings. The van der Waals surface area contributed by atoms with Gasteiger partial charge in [0.1, 0.15) is 12.3 Å². The van der Waals surface area contributed by atoms with Crippen molar-refractivity contribution in [2.24, 2.45) is 0 Å². The Morgan fingerprint density at radius 1 is 1.06 bits per heavy atom. The van der Waals surface area contributed by atoms with E-state index in [-0.39, 0.29) is 17.1 Å². The van der Waals surface area contributed by atoms with E-state index >= 15 is 0 Å². The molecule has 1 amide bonds. The van der Waals surface area contributed by atoms with Crippen molar-refractivity contribution in [3.63, 3.8) is 0 Å². The van der Waals surface area contributed by atoms with Crippen LogP contribution in [0.15, 0.2) is 70.3 Å². The summed E-state index contributed by atoms with van der Waals surface area (Å²) in [6.45, 7) is 5.01. The minimum Gasteiger partial charge on any atom is -0.495 e. The number of nitrogens with one attached hydrogen (secondary N) is 1. The van der Waals surface area contributed by atoms with Crippen LogP contribution >= 0.6 is 0 Å². The number of carbonyl (C=O) groups is 1. The molecule has 8 heteroatoms. The number of para-hydroxylation sites is 2. The maximum atomic E-state index is 13.6. The maximum Gasteiger partial charge on any atom is 0.337 e. The van der Waals surface area contributed by atoms with Crippen molar-refractivity contribution in [3.8, 4) is 11.4 Å². The van der Waals surface area contributed by atoms with E-state index in [1.54, 1.807) is 44.2 Å². The number of carbonyl (C=O) groups excluding carboxylic acids is 1. The molecular weight excluding hydrogens is 432 g/mol. The van der Waals surface area contributed by atoms with Gasteiger partial charge in [-0.25, -0.2) is 18.9 Å². The lowest BCUT2D eigenvalue weighted by molar-refractivity contribution is -0.122. The van der Waals surface area contributed by atoms with E-state index < -0.39 is 23.7 Å². The fraction of sp³-hybridized carbons (Fsp3) is 0.231. The molecule has 0 aliphatic heterocycles. The average Bonchev–Trinajstić information content (AvgIpc) is 2.82. The number of benzene rings is 2. The molecular formula is C26H26N4O4. The number of hydrogen-bond donors (Lipinski definition) is 1. The summed E-state index contributed by atoms with van der Waals surface area (Å²) in [4.78, 5) is 44.4. The molecule has 2 aromatic carbocycles. The minimum absolute atomic E-state index is 0.228. The Kier molecular flexibility index (Phi) is 6.32. The van der Waals surface area contributed by atoms with Gasteiger partial charge in [0.25, 0.3) is 5.56 Å². The Morgan fingerprint density at radius 2 is 1.74 bits per heavy atom. The van der Waals surface area contributed by atoms with Crippen molar-refractivity contribution in [1.29, 1.82) is 0 Å². The summed E-state index contributed by atoms with van der Waals surface area (Å²) in [5, 5.41) is 3.14. The number of methoxy groups -OCH3 is 1. The fourth-order valence-corrected chi connectivity index (χ4v) is 4.10. The standard InChI is InChI=1S/C26H26N4O4/c1-16-14-17(2)27-24-23(16)25(32)29(15-22(31)28-18(3)19-10-6-5-7-11-19)26(33)30(24)20-12-8-9-13-21(20)34-4/h5-14,18H,15H2,1-4H3,(H,28,31). The summed E-state index contributed by atoms with van der Waals surface area (Å²) in [5.41, 5.74) is 1.70. The predicted octanol–water partition coefficient (Wildman–Crippen LogP) is 3.05. The number of pyridine rings is 1. The summed E-state index contributed by atoms with van der Waals surface area (Å²) < 4.78 is 7.75. The number of amides is 1. The molecule has 8 nitrogen and oxygen atoms in total. The first-order chi connectivity index (χ1) is 16.3. The van der Waals surface area contributed by atoms with Gasteiger partial charge in [0.15, 0.2) is 5.65 Å². The van der Waals surface area contributed by atoms with Crippen LogP contribution in [0.25, 0.3) is 16.7 Å². The molecule has 0 radical (unpaired) electrons. The molecule has 0 spiro atoms. The molecule has 0 bridgehead atoms. The summed E-state index contributed by atoms with van der Waals surface area (Å²) >= 11 is 0. The third-order valence-corrected chi connectivity index (χ3v) is 5.72. The number of nitrogens with zero attached hydrogens (tertiary/aromatic N) is 3. The van der Waals surface area contributed by atoms with Gasteiger partial charge < -0.3 is 10.1 Å². The topological polar surface area (TPSA) is 95.2 Å². The fourth-order valence-electron chi connectivity index (χ4n) is 4.10. The van der Waals surface area contributed by atoms with E-state index in [1.807, 2.05) is 37.3 Å². The van der Waals surface area contributed by atoms with E-state index in [0.717, 1.165) is 10.1 Å². The van der Waals surface area contributed by atoms with E-state index in [1.165, 1.54) is 11.7 Å². The summed E-state index contributed by atoms with van der Waals surface area (Å²) in [5.74, 6) is -0.00147. The monoisotopic (exact) mass is 458 g/mol. The molecule has 4 rings (SSSR count). The number of aryl methyl sites for hydroxylation is 2. The number of aromatic nitrogens is 3. The van der Waals surface area contributed by atoms with Crippen LogP contribution in [0.4, 0.5) is 0 Å². The zero-order valence-corrected chi connectivity index (χ0v) is 19.5. The maximum absolute atomic E-state index is 13.6. The van der Waals surface area contributed by atoms with Gasteiger partial charge in [0, 0.05) is 5.69 Å². The van der Waals surface area contributed by atoms with Crippen molar-refractivity contribution in [3.05, 3.63) is 98.3 Å². The number of rotatable bonds is 6. The van der Waals surface area contributed by atoms with E-state index in [0.29, 0.717) is 22.7 Å². The highest BCUT2D eigenvalue weighted by Gasteiger charge is 2.21. The van der Waals surface area contributed by atoms with E-state index in [2.05, 4.69) is 10.3 Å². The van der Waals surface area contributed by atoms with Crippen LogP contribution in [0.1, 0.15) is 29.8 Å². The lowest BCUT2D eigenvalue weighted by atomic mass is 10.1. The lowest BCUT2D eigenvalue weighted by Gasteiger charge is -2.18. The Morgan fingerprint density at radius 3 is 2.44 bits per heavy atom. The number of ether oxygens (including phenoxy) is 1. The number of fused-ring (bicyclic) bond motifs is 1. The second kappa shape index (κ2) is 9.35. The average molecular weight is 459 g/mol. The smallest absolute Gasteiger partial charge is 0.337 e. The highest BCUT2D eigenvalue weighted by molar-refractivity contribution is 5.81. The van der Waals surface area contributed by atoms with Gasteiger partial charge in [0.05, 0.1) is 24.2 Å². The lowest BCUT2D eigenvalue weighted by Crippen LogP contribution is -2.44. The molecule has 1 atom stereocenters. The second-order valence-electron chi connectivity index (χ2n) is 8.16. The van der Waals surface area contributed by atoms with Gasteiger partial charge in [-0.15, -0.1) is 0 Å². The number of hydrogen-bond acceptors (Lipinski definition) is 5. The zero-order valence-electron chi connectivity index (χ0n) is 19.5. The molecule has 0 saturated carbocycles. The van der Waals surface area contributed by atoms with Gasteiger partial charge in [0.2, 0.25) is 5.91 Å². The van der Waals surface area contributed by atoms with Gasteiger partial charge in [-0.3, -0.25) is 9.59 Å². The molecule has 2 aromatic heterocycles. The molecule has 34 heavy (non-hydrogen) atoms. The SMILES string of the molecule is COc1ccccc1-n1c(=O)n(CC(=O)NC(C)c2ccccc2)c(=O)c2c(C)cc(C)nc21. The highest BCUT2D eigenvalue weighted by atomic mass is 16.5. The van der Waals surface area contributed by atoms with Crippen LogP contribution in [0.3, 0.4) is 0 Å². The molecule has 174 valence electrons. The molecule has 4 aromatic rings. The second-order valence-corrected chi connectivity index (χ2v) is 8.16. The van der Waals surface area contributed by atoms with Crippen molar-refractivity contribution in [2.75, 3.05) is 7.11 Å². The first kappa shape index (κ1) is 23.0. The predicted molar refractivity (Wildman–Crippen MR) is 131 cm³/mol. The summed E-state index contributed by atoms with van der Waals surface area (Å²) in [7, 11) is 1.50. The Hall–Kier alpha value is -4.20. The zero-order chi connectivity index (χ0) is 24.4. The molecule has 0 aliphatic rings. The van der Waals surface area contributed by atoms with Crippen molar-refractivity contribution >= 4 is 16.9 Å². The molecule has 1 unspecified atom stereocenters. The van der Waals surface area contributed by atoms with Crippen LogP contribution in [0.2, 0.25) is 0 Å². The van der Waals surface area contributed by atoms with Crippen molar-refractivity contribution < 1.29 is 9.53 Å². The van der Waals surface area contributed by atoms with Crippen LogP contribution in [0.5, 0.6) is 5.75 Å². The van der Waals surface area contributed by atoms with Crippen molar-refractivity contribution in [2.45, 2.75) is 33.4 Å². The Labute approximate surface area is 196 Å². The summed E-state index contributed by atoms with van der Waals surface area (Å²) in [6.07, 6.45) is 0. The van der Waals surface area contributed by atoms with Crippen LogP contribution in [0, 0.1) is 13.8 Å². The third kappa shape index (κ3) is 4.22. The molecule has 1 N–H and O–H groups in total. The van der Waals surface area contributed by atoms with Gasteiger partial charge in [-0.05, 0) is 50.1 Å². The minimum atomic E-state index is -0.665. The molecule has 0 aliphatic carbocycles. The van der Waals surface area contributed by atoms with Gasteiger partial charge >= 0.3 is 5.69 Å². The van der Waals surface area contributed by atoms with Crippen molar-refractivity contribution in [1.82, 2.24) is 19.4 Å². The largest absolute Gasteiger partial charge is 0.495 e. The first-order valence-corrected chi connectivity index (χ1v) is 10.9. The summed E-state index contributed by atoms with van der Waals surface area (Å²) in [6, 6.07) is 18.0. The highest BCUT2D eigenvalue weighted by Crippen LogP contribution is 2.24. The van der Waals surface area contributed by atoms with E-state index in [4.69, 9.17) is 4.74 Å². The van der Waals surface area contributed by atoms with Gasteiger partial charge in [-0.2, -0.15) is 0 Å². The Bertz CT molecular complexity index is 1490. The Balaban J connectivity index is 1.87. The quantitative estimate of drug-likeness (QED) is 0.479. The van der Waals surface area contributed by atoms with Gasteiger partial charge in [-0.1, -0.05) is 42.5 Å². The molecule has 2 heterocycles. The van der Waals surface area contributed by atoms with Crippen LogP contribution in [-0.2, 0) is 11.3 Å². The normalized spacial score (nSPS) is 11.9. The van der Waals surface area contributed by atoms with E-state index in [9.17, 15) is 14.4 Å².